The highest BCUT2D eigenvalue weighted by atomic mass is 16.2. The molecular formula is C18H23N5O. The molecule has 126 valence electrons. The number of aryl methyl sites for hydroxylation is 2. The van der Waals surface area contributed by atoms with Gasteiger partial charge in [0, 0.05) is 50.4 Å². The van der Waals surface area contributed by atoms with E-state index in [-0.39, 0.29) is 11.3 Å². The van der Waals surface area contributed by atoms with Gasteiger partial charge in [0.1, 0.15) is 0 Å². The van der Waals surface area contributed by atoms with Crippen LogP contribution >= 0.6 is 0 Å². The van der Waals surface area contributed by atoms with Crippen molar-refractivity contribution in [3.05, 3.63) is 42.0 Å². The monoisotopic (exact) mass is 325 g/mol. The molecule has 0 saturated carbocycles. The zero-order valence-corrected chi connectivity index (χ0v) is 14.3. The van der Waals surface area contributed by atoms with Crippen LogP contribution in [0.15, 0.2) is 30.6 Å². The molecule has 2 fully saturated rings. The Morgan fingerprint density at radius 1 is 1.29 bits per heavy atom. The Hall–Kier alpha value is -2.21. The van der Waals surface area contributed by atoms with Gasteiger partial charge in [-0.3, -0.25) is 19.4 Å². The third-order valence-electron chi connectivity index (χ3n) is 5.17. The number of likely N-dealkylation sites (tertiary alicyclic amines) is 1. The summed E-state index contributed by atoms with van der Waals surface area (Å²) in [6.45, 7) is 5.69. The fourth-order valence-corrected chi connectivity index (χ4v) is 4.03. The first-order chi connectivity index (χ1) is 11.5. The minimum atomic E-state index is 0.0801. The molecule has 0 bridgehead atoms. The average molecular weight is 325 g/mol. The van der Waals surface area contributed by atoms with Gasteiger partial charge in [-0.25, -0.2) is 0 Å². The molecule has 2 aliphatic rings. The van der Waals surface area contributed by atoms with Crippen LogP contribution < -0.4 is 4.90 Å². The zero-order valence-electron chi connectivity index (χ0n) is 14.3. The largest absolute Gasteiger partial charge is 0.309 e. The van der Waals surface area contributed by atoms with Crippen LogP contribution in [0.4, 0.5) is 5.69 Å². The molecule has 0 aromatic carbocycles. The van der Waals surface area contributed by atoms with Crippen LogP contribution in [0.1, 0.15) is 24.2 Å². The van der Waals surface area contributed by atoms with Crippen molar-refractivity contribution in [3.8, 4) is 0 Å². The molecule has 2 saturated heterocycles. The number of pyridine rings is 1. The maximum absolute atomic E-state index is 12.5. The van der Waals surface area contributed by atoms with Gasteiger partial charge in [0.05, 0.1) is 17.6 Å². The predicted octanol–water partition coefficient (Wildman–Crippen LogP) is 1.75. The van der Waals surface area contributed by atoms with Crippen LogP contribution in [0, 0.1) is 12.3 Å². The topological polar surface area (TPSA) is 54.3 Å². The molecule has 0 N–H and O–H groups in total. The lowest BCUT2D eigenvalue weighted by atomic mass is 9.86. The summed E-state index contributed by atoms with van der Waals surface area (Å²) in [4.78, 5) is 21.5. The quantitative estimate of drug-likeness (QED) is 0.863. The van der Waals surface area contributed by atoms with Gasteiger partial charge in [0.2, 0.25) is 5.91 Å². The van der Waals surface area contributed by atoms with Gasteiger partial charge < -0.3 is 4.90 Å². The SMILES string of the molecule is Cc1cccc(CN2CC[C@@]3(CC(=O)N(c4cnn(C)c4)C3)C2)n1. The second kappa shape index (κ2) is 5.70. The number of rotatable bonds is 3. The fourth-order valence-electron chi connectivity index (χ4n) is 4.03. The summed E-state index contributed by atoms with van der Waals surface area (Å²) in [5.74, 6) is 0.221. The van der Waals surface area contributed by atoms with Crippen molar-refractivity contribution in [2.75, 3.05) is 24.5 Å². The van der Waals surface area contributed by atoms with Crippen LogP contribution in [-0.2, 0) is 18.4 Å². The second-order valence-electron chi connectivity index (χ2n) is 7.26. The molecule has 4 rings (SSSR count). The van der Waals surface area contributed by atoms with Crippen LogP contribution in [0.2, 0.25) is 0 Å². The first kappa shape index (κ1) is 15.3. The number of carbonyl (C=O) groups is 1. The molecule has 1 amide bonds. The molecule has 2 aromatic heterocycles. The number of carbonyl (C=O) groups excluding carboxylic acids is 1. The number of anilines is 1. The molecule has 0 unspecified atom stereocenters. The van der Waals surface area contributed by atoms with Gasteiger partial charge in [-0.1, -0.05) is 6.07 Å². The molecule has 6 heteroatoms. The van der Waals surface area contributed by atoms with E-state index in [0.29, 0.717) is 6.42 Å². The summed E-state index contributed by atoms with van der Waals surface area (Å²) in [5, 5.41) is 4.19. The van der Waals surface area contributed by atoms with Crippen molar-refractivity contribution in [1.29, 1.82) is 0 Å². The summed E-state index contributed by atoms with van der Waals surface area (Å²) < 4.78 is 1.75. The minimum Gasteiger partial charge on any atom is -0.309 e. The van der Waals surface area contributed by atoms with E-state index in [0.717, 1.165) is 49.7 Å². The molecule has 24 heavy (non-hydrogen) atoms. The highest BCUT2D eigenvalue weighted by Gasteiger charge is 2.47. The number of hydrogen-bond acceptors (Lipinski definition) is 4. The van der Waals surface area contributed by atoms with Crippen LogP contribution in [0.25, 0.3) is 0 Å². The summed E-state index contributed by atoms with van der Waals surface area (Å²) in [7, 11) is 1.88. The molecule has 4 heterocycles. The number of hydrogen-bond donors (Lipinski definition) is 0. The van der Waals surface area contributed by atoms with Crippen molar-refractivity contribution < 1.29 is 4.79 Å². The van der Waals surface area contributed by atoms with Crippen LogP contribution in [0.5, 0.6) is 0 Å². The van der Waals surface area contributed by atoms with Gasteiger partial charge in [-0.15, -0.1) is 0 Å². The Kier molecular flexibility index (Phi) is 3.64. The Balaban J connectivity index is 1.45. The van der Waals surface area contributed by atoms with Crippen LogP contribution in [-0.4, -0.2) is 45.2 Å². The summed E-state index contributed by atoms with van der Waals surface area (Å²) >= 11 is 0. The van der Waals surface area contributed by atoms with Crippen LogP contribution in [0.3, 0.4) is 0 Å². The Bertz CT molecular complexity index is 770. The van der Waals surface area contributed by atoms with Gasteiger partial charge >= 0.3 is 0 Å². The smallest absolute Gasteiger partial charge is 0.227 e. The summed E-state index contributed by atoms with van der Waals surface area (Å²) in [6.07, 6.45) is 5.40. The van der Waals surface area contributed by atoms with Crippen molar-refractivity contribution >= 4 is 11.6 Å². The van der Waals surface area contributed by atoms with Crippen molar-refractivity contribution in [3.63, 3.8) is 0 Å². The molecule has 2 aromatic rings. The third kappa shape index (κ3) is 2.82. The van der Waals surface area contributed by atoms with E-state index in [9.17, 15) is 4.79 Å². The highest BCUT2D eigenvalue weighted by molar-refractivity contribution is 5.96. The third-order valence-corrected chi connectivity index (χ3v) is 5.17. The maximum Gasteiger partial charge on any atom is 0.227 e. The zero-order chi connectivity index (χ0) is 16.7. The van der Waals surface area contributed by atoms with E-state index in [1.807, 2.05) is 31.1 Å². The summed E-state index contributed by atoms with van der Waals surface area (Å²) in [5.41, 5.74) is 3.16. The molecule has 2 aliphatic heterocycles. The number of aromatic nitrogens is 3. The molecule has 0 radical (unpaired) electrons. The molecule has 1 atom stereocenters. The Labute approximate surface area is 142 Å². The molecular weight excluding hydrogens is 302 g/mol. The van der Waals surface area contributed by atoms with E-state index in [1.54, 1.807) is 10.9 Å². The average Bonchev–Trinajstić information content (AvgIpc) is 3.20. The number of nitrogens with zero attached hydrogens (tertiary/aromatic N) is 5. The fraction of sp³-hybridized carbons (Fsp3) is 0.500. The first-order valence-corrected chi connectivity index (χ1v) is 8.47. The molecule has 6 nitrogen and oxygen atoms in total. The van der Waals surface area contributed by atoms with Gasteiger partial charge in [-0.2, -0.15) is 5.10 Å². The Morgan fingerprint density at radius 2 is 2.17 bits per heavy atom. The number of amides is 1. The normalized spacial score (nSPS) is 24.4. The summed E-state index contributed by atoms with van der Waals surface area (Å²) in [6, 6.07) is 6.17. The minimum absolute atomic E-state index is 0.0801. The van der Waals surface area contributed by atoms with Crippen molar-refractivity contribution in [2.45, 2.75) is 26.3 Å². The van der Waals surface area contributed by atoms with Gasteiger partial charge in [0.25, 0.3) is 0 Å². The van der Waals surface area contributed by atoms with E-state index >= 15 is 0 Å². The van der Waals surface area contributed by atoms with E-state index in [4.69, 9.17) is 0 Å². The second-order valence-corrected chi connectivity index (χ2v) is 7.26. The predicted molar refractivity (Wildman–Crippen MR) is 91.5 cm³/mol. The lowest BCUT2D eigenvalue weighted by Crippen LogP contribution is -2.31. The lowest BCUT2D eigenvalue weighted by Gasteiger charge is -2.23. The van der Waals surface area contributed by atoms with E-state index in [2.05, 4.69) is 27.1 Å². The first-order valence-electron chi connectivity index (χ1n) is 8.47. The van der Waals surface area contributed by atoms with E-state index in [1.165, 1.54) is 0 Å². The molecule has 1 spiro atoms. The van der Waals surface area contributed by atoms with Gasteiger partial charge in [-0.05, 0) is 32.0 Å². The van der Waals surface area contributed by atoms with Crippen molar-refractivity contribution in [2.24, 2.45) is 12.5 Å². The van der Waals surface area contributed by atoms with Crippen molar-refractivity contribution in [1.82, 2.24) is 19.7 Å². The Morgan fingerprint density at radius 3 is 2.92 bits per heavy atom. The van der Waals surface area contributed by atoms with E-state index < -0.39 is 0 Å². The molecule has 0 aliphatic carbocycles. The highest BCUT2D eigenvalue weighted by Crippen LogP contribution is 2.42. The maximum atomic E-state index is 12.5. The lowest BCUT2D eigenvalue weighted by molar-refractivity contribution is -0.117. The standard InChI is InChI=1S/C18H23N5O/c1-14-4-3-5-15(20-14)10-22-7-6-18(12-22)8-17(24)23(13-18)16-9-19-21(2)11-16/h3-5,9,11H,6-8,10,12-13H2,1-2H3/t18-/m1/s1. The van der Waals surface area contributed by atoms with Gasteiger partial charge in [0.15, 0.2) is 0 Å².